The maximum absolute atomic E-state index is 12.1. The van der Waals surface area contributed by atoms with Crippen molar-refractivity contribution in [1.82, 2.24) is 20.2 Å². The number of para-hydroxylation sites is 2. The van der Waals surface area contributed by atoms with Crippen molar-refractivity contribution in [3.8, 4) is 0 Å². The van der Waals surface area contributed by atoms with Crippen molar-refractivity contribution < 1.29 is 9.53 Å². The highest BCUT2D eigenvalue weighted by Gasteiger charge is 2.23. The van der Waals surface area contributed by atoms with Crippen molar-refractivity contribution in [3.05, 3.63) is 30.1 Å². The number of imidazole rings is 1. The van der Waals surface area contributed by atoms with Gasteiger partial charge in [-0.05, 0) is 19.1 Å². The van der Waals surface area contributed by atoms with Crippen molar-refractivity contribution in [1.29, 1.82) is 0 Å². The minimum Gasteiger partial charge on any atom is -0.377 e. The molecular weight excluding hydrogens is 256 g/mol. The molecule has 2 amide bonds. The Kier molecular flexibility index (Phi) is 3.56. The lowest BCUT2D eigenvalue weighted by Gasteiger charge is -2.33. The Balaban J connectivity index is 1.62. The Bertz CT molecular complexity index is 577. The summed E-state index contributed by atoms with van der Waals surface area (Å²) in [5, 5.41) is 2.90. The summed E-state index contributed by atoms with van der Waals surface area (Å²) in [6.45, 7) is 4.21. The van der Waals surface area contributed by atoms with Crippen LogP contribution in [0, 0.1) is 0 Å². The molecular formula is C14H18N4O2. The van der Waals surface area contributed by atoms with Crippen LogP contribution in [0.15, 0.2) is 24.3 Å². The Morgan fingerprint density at radius 1 is 1.55 bits per heavy atom. The fourth-order valence-corrected chi connectivity index (χ4v) is 2.38. The van der Waals surface area contributed by atoms with Gasteiger partial charge in [0.1, 0.15) is 5.82 Å². The van der Waals surface area contributed by atoms with Crippen LogP contribution in [0.2, 0.25) is 0 Å². The molecule has 1 saturated heterocycles. The minimum atomic E-state index is -0.0683. The number of benzene rings is 1. The van der Waals surface area contributed by atoms with Gasteiger partial charge in [-0.15, -0.1) is 0 Å². The van der Waals surface area contributed by atoms with Gasteiger partial charge in [-0.2, -0.15) is 0 Å². The van der Waals surface area contributed by atoms with Crippen LogP contribution >= 0.6 is 0 Å². The van der Waals surface area contributed by atoms with Crippen molar-refractivity contribution in [2.75, 3.05) is 19.8 Å². The van der Waals surface area contributed by atoms with E-state index in [4.69, 9.17) is 4.74 Å². The van der Waals surface area contributed by atoms with Crippen LogP contribution in [-0.2, 0) is 11.3 Å². The van der Waals surface area contributed by atoms with Crippen LogP contribution < -0.4 is 5.32 Å². The zero-order valence-electron chi connectivity index (χ0n) is 11.4. The third-order valence-electron chi connectivity index (χ3n) is 3.47. The molecule has 0 aliphatic carbocycles. The molecule has 0 radical (unpaired) electrons. The number of hydrogen-bond acceptors (Lipinski definition) is 3. The number of fused-ring (bicyclic) bond motifs is 1. The second-order valence-electron chi connectivity index (χ2n) is 4.98. The average molecular weight is 274 g/mol. The Labute approximate surface area is 117 Å². The molecule has 1 aromatic carbocycles. The van der Waals surface area contributed by atoms with Gasteiger partial charge in [-0.3, -0.25) is 0 Å². The molecule has 3 rings (SSSR count). The second kappa shape index (κ2) is 5.50. The molecule has 0 bridgehead atoms. The Hall–Kier alpha value is -2.08. The summed E-state index contributed by atoms with van der Waals surface area (Å²) in [6.07, 6.45) is 0. The molecule has 2 heterocycles. The first-order chi connectivity index (χ1) is 9.74. The molecule has 1 atom stereocenters. The topological polar surface area (TPSA) is 70.2 Å². The van der Waals surface area contributed by atoms with E-state index in [0.29, 0.717) is 26.3 Å². The molecule has 6 nitrogen and oxygen atoms in total. The molecule has 1 aliphatic rings. The lowest BCUT2D eigenvalue weighted by atomic mass is 10.3. The molecule has 0 saturated carbocycles. The standard InChI is InChI=1S/C14H18N4O2/c1-10-9-20-7-6-18(10)14(19)15-8-13-16-11-4-2-3-5-12(11)17-13/h2-5,10H,6-9H2,1H3,(H,15,19)(H,16,17)/t10-/m0/s1. The summed E-state index contributed by atoms with van der Waals surface area (Å²) in [7, 11) is 0. The number of nitrogens with zero attached hydrogens (tertiary/aromatic N) is 2. The Morgan fingerprint density at radius 3 is 3.20 bits per heavy atom. The molecule has 106 valence electrons. The third kappa shape index (κ3) is 2.60. The molecule has 2 aromatic rings. The fraction of sp³-hybridized carbons (Fsp3) is 0.429. The van der Waals surface area contributed by atoms with E-state index in [2.05, 4.69) is 15.3 Å². The average Bonchev–Trinajstić information content (AvgIpc) is 2.88. The molecule has 2 N–H and O–H groups in total. The predicted octanol–water partition coefficient (Wildman–Crippen LogP) is 1.49. The second-order valence-corrected chi connectivity index (χ2v) is 4.98. The number of urea groups is 1. The number of ether oxygens (including phenoxy) is 1. The summed E-state index contributed by atoms with van der Waals surface area (Å²) < 4.78 is 5.32. The molecule has 1 aromatic heterocycles. The molecule has 0 spiro atoms. The SMILES string of the molecule is C[C@H]1COCCN1C(=O)NCc1nc2ccccc2[nH]1. The van der Waals surface area contributed by atoms with Crippen molar-refractivity contribution in [2.24, 2.45) is 0 Å². The highest BCUT2D eigenvalue weighted by molar-refractivity contribution is 5.76. The van der Waals surface area contributed by atoms with Crippen LogP contribution in [0.1, 0.15) is 12.7 Å². The van der Waals surface area contributed by atoms with Crippen molar-refractivity contribution in [2.45, 2.75) is 19.5 Å². The number of rotatable bonds is 2. The predicted molar refractivity (Wildman–Crippen MR) is 75.3 cm³/mol. The minimum absolute atomic E-state index is 0.0683. The number of hydrogen-bond donors (Lipinski definition) is 2. The molecule has 20 heavy (non-hydrogen) atoms. The summed E-state index contributed by atoms with van der Waals surface area (Å²) in [6, 6.07) is 7.86. The smallest absolute Gasteiger partial charge is 0.318 e. The number of aromatic nitrogens is 2. The van der Waals surface area contributed by atoms with Gasteiger partial charge >= 0.3 is 6.03 Å². The van der Waals surface area contributed by atoms with E-state index in [0.717, 1.165) is 16.9 Å². The number of amides is 2. The van der Waals surface area contributed by atoms with Gasteiger partial charge in [0.2, 0.25) is 0 Å². The van der Waals surface area contributed by atoms with Gasteiger partial charge in [-0.25, -0.2) is 9.78 Å². The zero-order chi connectivity index (χ0) is 13.9. The van der Waals surface area contributed by atoms with Gasteiger partial charge < -0.3 is 19.9 Å². The van der Waals surface area contributed by atoms with E-state index < -0.39 is 0 Å². The van der Waals surface area contributed by atoms with Crippen LogP contribution in [0.25, 0.3) is 11.0 Å². The maximum atomic E-state index is 12.1. The normalized spacial score (nSPS) is 19.2. The third-order valence-corrected chi connectivity index (χ3v) is 3.47. The van der Waals surface area contributed by atoms with Crippen molar-refractivity contribution in [3.63, 3.8) is 0 Å². The van der Waals surface area contributed by atoms with E-state index in [1.807, 2.05) is 31.2 Å². The summed E-state index contributed by atoms with van der Waals surface area (Å²) >= 11 is 0. The summed E-state index contributed by atoms with van der Waals surface area (Å²) in [5.41, 5.74) is 1.90. The first kappa shape index (κ1) is 12.9. The molecule has 6 heteroatoms. The zero-order valence-corrected chi connectivity index (χ0v) is 11.4. The largest absolute Gasteiger partial charge is 0.377 e. The van der Waals surface area contributed by atoms with Crippen molar-refractivity contribution >= 4 is 17.1 Å². The van der Waals surface area contributed by atoms with Gasteiger partial charge in [0.15, 0.2) is 0 Å². The van der Waals surface area contributed by atoms with Gasteiger partial charge in [-0.1, -0.05) is 12.1 Å². The molecule has 1 aliphatic heterocycles. The van der Waals surface area contributed by atoms with Crippen LogP contribution in [0.4, 0.5) is 4.79 Å². The highest BCUT2D eigenvalue weighted by Crippen LogP contribution is 2.10. The van der Waals surface area contributed by atoms with Crippen LogP contribution in [0.5, 0.6) is 0 Å². The number of morpholine rings is 1. The number of nitrogens with one attached hydrogen (secondary N) is 2. The monoisotopic (exact) mass is 274 g/mol. The summed E-state index contributed by atoms with van der Waals surface area (Å²) in [5.74, 6) is 0.764. The fourth-order valence-electron chi connectivity index (χ4n) is 2.38. The number of carbonyl (C=O) groups excluding carboxylic acids is 1. The lowest BCUT2D eigenvalue weighted by Crippen LogP contribution is -2.51. The van der Waals surface area contributed by atoms with Crippen LogP contribution in [-0.4, -0.2) is 46.7 Å². The van der Waals surface area contributed by atoms with E-state index in [1.165, 1.54) is 0 Å². The number of carbonyl (C=O) groups is 1. The van der Waals surface area contributed by atoms with Crippen LogP contribution in [0.3, 0.4) is 0 Å². The van der Waals surface area contributed by atoms with Gasteiger partial charge in [0.25, 0.3) is 0 Å². The van der Waals surface area contributed by atoms with E-state index in [-0.39, 0.29) is 12.1 Å². The number of H-pyrrole nitrogens is 1. The van der Waals surface area contributed by atoms with Gasteiger partial charge in [0, 0.05) is 6.54 Å². The highest BCUT2D eigenvalue weighted by atomic mass is 16.5. The van der Waals surface area contributed by atoms with E-state index in [1.54, 1.807) is 4.90 Å². The number of aromatic amines is 1. The Morgan fingerprint density at radius 2 is 2.40 bits per heavy atom. The quantitative estimate of drug-likeness (QED) is 0.871. The summed E-state index contributed by atoms with van der Waals surface area (Å²) in [4.78, 5) is 21.5. The first-order valence-corrected chi connectivity index (χ1v) is 6.80. The molecule has 0 unspecified atom stereocenters. The first-order valence-electron chi connectivity index (χ1n) is 6.80. The van der Waals surface area contributed by atoms with E-state index >= 15 is 0 Å². The lowest BCUT2D eigenvalue weighted by molar-refractivity contribution is 0.0189. The van der Waals surface area contributed by atoms with E-state index in [9.17, 15) is 4.79 Å². The maximum Gasteiger partial charge on any atom is 0.318 e. The van der Waals surface area contributed by atoms with Gasteiger partial charge in [0.05, 0.1) is 36.8 Å². The molecule has 1 fully saturated rings.